The molecular weight excluding hydrogens is 224 g/mol. The maximum absolute atomic E-state index is 13.2. The molecule has 0 saturated heterocycles. The van der Waals surface area contributed by atoms with Gasteiger partial charge in [-0.3, -0.25) is 4.68 Å². The van der Waals surface area contributed by atoms with Gasteiger partial charge >= 0.3 is 0 Å². The Morgan fingerprint density at radius 1 is 1.24 bits per heavy atom. The van der Waals surface area contributed by atoms with E-state index < -0.39 is 11.6 Å². The minimum absolute atomic E-state index is 0.318. The number of benzene rings is 1. The van der Waals surface area contributed by atoms with Gasteiger partial charge in [0.15, 0.2) is 0 Å². The Bertz CT molecular complexity index is 502. The summed E-state index contributed by atoms with van der Waals surface area (Å²) in [6, 6.07) is 4.96. The molecule has 1 aromatic carbocycles. The average Bonchev–Trinajstić information content (AvgIpc) is 2.64. The van der Waals surface area contributed by atoms with Gasteiger partial charge in [-0.15, -0.1) is 0 Å². The molecule has 1 atom stereocenters. The Labute approximate surface area is 98.1 Å². The molecule has 0 aliphatic rings. The molecule has 0 fully saturated rings. The lowest BCUT2D eigenvalue weighted by molar-refractivity contribution is 0.568. The molecule has 0 amide bonds. The standard InChI is InChI=1S/C12H13F2N3/c1-15-12(11-3-4-17(2)16-11)8-5-9(13)7-10(14)6-8/h3-7,12,15H,1-2H3. The van der Waals surface area contributed by atoms with Gasteiger partial charge in [-0.1, -0.05) is 0 Å². The Balaban J connectivity index is 2.41. The van der Waals surface area contributed by atoms with E-state index in [4.69, 9.17) is 0 Å². The van der Waals surface area contributed by atoms with E-state index in [1.807, 2.05) is 6.07 Å². The third-order valence-corrected chi connectivity index (χ3v) is 2.54. The summed E-state index contributed by atoms with van der Waals surface area (Å²) in [5.74, 6) is -1.17. The van der Waals surface area contributed by atoms with E-state index in [1.165, 1.54) is 12.1 Å². The Hall–Kier alpha value is -1.75. The zero-order valence-electron chi connectivity index (χ0n) is 9.61. The van der Waals surface area contributed by atoms with E-state index in [0.717, 1.165) is 11.8 Å². The number of nitrogens with zero attached hydrogens (tertiary/aromatic N) is 2. The molecule has 5 heteroatoms. The maximum Gasteiger partial charge on any atom is 0.126 e. The summed E-state index contributed by atoms with van der Waals surface area (Å²) in [5.41, 5.74) is 1.24. The van der Waals surface area contributed by atoms with Gasteiger partial charge in [-0.2, -0.15) is 5.10 Å². The minimum Gasteiger partial charge on any atom is -0.308 e. The van der Waals surface area contributed by atoms with Crippen LogP contribution < -0.4 is 5.32 Å². The molecule has 0 aliphatic carbocycles. The van der Waals surface area contributed by atoms with Gasteiger partial charge in [0.05, 0.1) is 11.7 Å². The van der Waals surface area contributed by atoms with Crippen LogP contribution in [0.2, 0.25) is 0 Å². The van der Waals surface area contributed by atoms with E-state index in [1.54, 1.807) is 25.0 Å². The molecule has 1 heterocycles. The largest absolute Gasteiger partial charge is 0.308 e. The molecule has 0 spiro atoms. The fraction of sp³-hybridized carbons (Fsp3) is 0.250. The summed E-state index contributed by atoms with van der Waals surface area (Å²) in [6.45, 7) is 0. The van der Waals surface area contributed by atoms with Crippen LogP contribution in [0, 0.1) is 11.6 Å². The van der Waals surface area contributed by atoms with Crippen LogP contribution in [-0.2, 0) is 7.05 Å². The van der Waals surface area contributed by atoms with Gasteiger partial charge in [-0.05, 0) is 30.8 Å². The van der Waals surface area contributed by atoms with Crippen LogP contribution in [0.3, 0.4) is 0 Å². The highest BCUT2D eigenvalue weighted by molar-refractivity contribution is 5.28. The van der Waals surface area contributed by atoms with Crippen molar-refractivity contribution in [3.63, 3.8) is 0 Å². The highest BCUT2D eigenvalue weighted by Crippen LogP contribution is 2.21. The van der Waals surface area contributed by atoms with Crippen LogP contribution in [0.1, 0.15) is 17.3 Å². The van der Waals surface area contributed by atoms with Crippen molar-refractivity contribution in [2.75, 3.05) is 7.05 Å². The van der Waals surface area contributed by atoms with Crippen molar-refractivity contribution in [1.29, 1.82) is 0 Å². The number of rotatable bonds is 3. The summed E-state index contributed by atoms with van der Waals surface area (Å²) in [4.78, 5) is 0. The van der Waals surface area contributed by atoms with Crippen LogP contribution in [-0.4, -0.2) is 16.8 Å². The third-order valence-electron chi connectivity index (χ3n) is 2.54. The molecule has 2 rings (SSSR count). The summed E-state index contributed by atoms with van der Waals surface area (Å²) < 4.78 is 28.0. The van der Waals surface area contributed by atoms with Gasteiger partial charge in [-0.25, -0.2) is 8.78 Å². The molecular formula is C12H13F2N3. The van der Waals surface area contributed by atoms with E-state index in [2.05, 4.69) is 10.4 Å². The SMILES string of the molecule is CNC(c1cc(F)cc(F)c1)c1ccn(C)n1. The number of hydrogen-bond acceptors (Lipinski definition) is 2. The highest BCUT2D eigenvalue weighted by Gasteiger charge is 2.16. The van der Waals surface area contributed by atoms with Crippen LogP contribution >= 0.6 is 0 Å². The second-order valence-electron chi connectivity index (χ2n) is 3.84. The molecule has 1 aromatic heterocycles. The van der Waals surface area contributed by atoms with Crippen molar-refractivity contribution < 1.29 is 8.78 Å². The Morgan fingerprint density at radius 2 is 1.88 bits per heavy atom. The summed E-state index contributed by atoms with van der Waals surface area (Å²) in [7, 11) is 3.52. The summed E-state index contributed by atoms with van der Waals surface area (Å²) in [5, 5.41) is 7.22. The molecule has 0 saturated carbocycles. The van der Waals surface area contributed by atoms with E-state index in [9.17, 15) is 8.78 Å². The van der Waals surface area contributed by atoms with E-state index in [0.29, 0.717) is 5.56 Å². The van der Waals surface area contributed by atoms with E-state index >= 15 is 0 Å². The molecule has 3 nitrogen and oxygen atoms in total. The molecule has 1 N–H and O–H groups in total. The first-order chi connectivity index (χ1) is 8.10. The van der Waals surface area contributed by atoms with Gasteiger partial charge < -0.3 is 5.32 Å². The smallest absolute Gasteiger partial charge is 0.126 e. The molecule has 0 aliphatic heterocycles. The van der Waals surface area contributed by atoms with Crippen LogP contribution in [0.5, 0.6) is 0 Å². The molecule has 0 radical (unpaired) electrons. The highest BCUT2D eigenvalue weighted by atomic mass is 19.1. The first-order valence-electron chi connectivity index (χ1n) is 5.23. The normalized spacial score (nSPS) is 12.7. The fourth-order valence-corrected chi connectivity index (χ4v) is 1.81. The lowest BCUT2D eigenvalue weighted by Gasteiger charge is -2.14. The molecule has 17 heavy (non-hydrogen) atoms. The first-order valence-corrected chi connectivity index (χ1v) is 5.23. The van der Waals surface area contributed by atoms with Crippen LogP contribution in [0.15, 0.2) is 30.5 Å². The van der Waals surface area contributed by atoms with Crippen molar-refractivity contribution in [2.24, 2.45) is 7.05 Å². The summed E-state index contributed by atoms with van der Waals surface area (Å²) >= 11 is 0. The minimum atomic E-state index is -0.587. The second-order valence-corrected chi connectivity index (χ2v) is 3.84. The van der Waals surface area contributed by atoms with Crippen molar-refractivity contribution in [1.82, 2.24) is 15.1 Å². The van der Waals surface area contributed by atoms with Gasteiger partial charge in [0.1, 0.15) is 11.6 Å². The number of hydrogen-bond donors (Lipinski definition) is 1. The monoisotopic (exact) mass is 237 g/mol. The maximum atomic E-state index is 13.2. The third kappa shape index (κ3) is 2.50. The lowest BCUT2D eigenvalue weighted by Crippen LogP contribution is -2.18. The zero-order valence-corrected chi connectivity index (χ0v) is 9.61. The number of nitrogens with one attached hydrogen (secondary N) is 1. The van der Waals surface area contributed by atoms with Gasteiger partial charge in [0.25, 0.3) is 0 Å². The second kappa shape index (κ2) is 4.63. The van der Waals surface area contributed by atoms with Crippen molar-refractivity contribution in [3.05, 3.63) is 53.4 Å². The predicted octanol–water partition coefficient (Wildman–Crippen LogP) is 2.01. The van der Waals surface area contributed by atoms with Crippen LogP contribution in [0.4, 0.5) is 8.78 Å². The number of aromatic nitrogens is 2. The quantitative estimate of drug-likeness (QED) is 0.885. The zero-order chi connectivity index (χ0) is 12.4. The predicted molar refractivity (Wildman–Crippen MR) is 60.5 cm³/mol. The Morgan fingerprint density at radius 3 is 2.35 bits per heavy atom. The Kier molecular flexibility index (Phi) is 3.19. The fourth-order valence-electron chi connectivity index (χ4n) is 1.81. The molecule has 1 unspecified atom stereocenters. The van der Waals surface area contributed by atoms with Gasteiger partial charge in [0.2, 0.25) is 0 Å². The molecule has 90 valence electrons. The van der Waals surface area contributed by atoms with Gasteiger partial charge in [0, 0.05) is 19.3 Å². The topological polar surface area (TPSA) is 29.9 Å². The average molecular weight is 237 g/mol. The first kappa shape index (κ1) is 11.7. The van der Waals surface area contributed by atoms with Crippen molar-refractivity contribution in [2.45, 2.75) is 6.04 Å². The molecule has 2 aromatic rings. The van der Waals surface area contributed by atoms with Crippen molar-refractivity contribution in [3.8, 4) is 0 Å². The van der Waals surface area contributed by atoms with Crippen molar-refractivity contribution >= 4 is 0 Å². The number of aryl methyl sites for hydroxylation is 1. The number of halogens is 2. The molecule has 0 bridgehead atoms. The van der Waals surface area contributed by atoms with Crippen LogP contribution in [0.25, 0.3) is 0 Å². The lowest BCUT2D eigenvalue weighted by atomic mass is 10.0. The van der Waals surface area contributed by atoms with E-state index in [-0.39, 0.29) is 6.04 Å². The summed E-state index contributed by atoms with van der Waals surface area (Å²) in [6.07, 6.45) is 1.79.